The van der Waals surface area contributed by atoms with Crippen molar-refractivity contribution in [1.82, 2.24) is 0 Å². The summed E-state index contributed by atoms with van der Waals surface area (Å²) in [5.41, 5.74) is 8.65. The summed E-state index contributed by atoms with van der Waals surface area (Å²) in [7, 11) is 0. The van der Waals surface area contributed by atoms with Crippen LogP contribution in [0.25, 0.3) is 98.4 Å². The maximum absolute atomic E-state index is 6.81. The van der Waals surface area contributed by atoms with Gasteiger partial charge in [0.2, 0.25) is 0 Å². The first-order valence-electron chi connectivity index (χ1n) is 16.4. The molecule has 48 heavy (non-hydrogen) atoms. The van der Waals surface area contributed by atoms with Crippen molar-refractivity contribution in [3.63, 3.8) is 0 Å². The minimum absolute atomic E-state index is 0.875. The van der Waals surface area contributed by atoms with Gasteiger partial charge in [0.15, 0.2) is 0 Å². The lowest BCUT2D eigenvalue weighted by Gasteiger charge is -2.23. The Morgan fingerprint density at radius 1 is 0.333 bits per heavy atom. The standard InChI is InChI=1S/C46H26O2/c1-2-9-28-22-31(17-16-27(28)8-1)32-18-19-36-38-21-20-35(37-14-7-15-41(44(37)38)47-42(36)26-32)39-24-33-12-5-6-13-34(33)45-40-23-29-10-3-4-11-30(29)25-43(40)48-46(39)45/h1-26H. The summed E-state index contributed by atoms with van der Waals surface area (Å²) in [6.07, 6.45) is 0. The zero-order valence-electron chi connectivity index (χ0n) is 25.8. The van der Waals surface area contributed by atoms with E-state index in [1.54, 1.807) is 0 Å². The summed E-state index contributed by atoms with van der Waals surface area (Å²) < 4.78 is 13.5. The van der Waals surface area contributed by atoms with Crippen LogP contribution >= 0.6 is 0 Å². The lowest BCUT2D eigenvalue weighted by Crippen LogP contribution is -1.98. The van der Waals surface area contributed by atoms with Gasteiger partial charge in [-0.2, -0.15) is 0 Å². The van der Waals surface area contributed by atoms with Crippen LogP contribution in [0.3, 0.4) is 0 Å². The highest BCUT2D eigenvalue weighted by Crippen LogP contribution is 2.51. The highest BCUT2D eigenvalue weighted by Gasteiger charge is 2.24. The van der Waals surface area contributed by atoms with E-state index in [2.05, 4.69) is 158 Å². The molecule has 0 unspecified atom stereocenters. The average Bonchev–Trinajstić information content (AvgIpc) is 3.52. The Bertz CT molecular complexity index is 2980. The molecule has 0 atom stereocenters. The van der Waals surface area contributed by atoms with Crippen LogP contribution < -0.4 is 4.74 Å². The molecule has 0 aliphatic carbocycles. The van der Waals surface area contributed by atoms with Crippen LogP contribution in [0.4, 0.5) is 0 Å². The van der Waals surface area contributed by atoms with Gasteiger partial charge in [-0.25, -0.2) is 0 Å². The van der Waals surface area contributed by atoms with Gasteiger partial charge in [0.1, 0.15) is 22.7 Å². The zero-order chi connectivity index (χ0) is 31.3. The van der Waals surface area contributed by atoms with Gasteiger partial charge < -0.3 is 9.15 Å². The molecule has 10 aromatic rings. The highest BCUT2D eigenvalue weighted by molar-refractivity contribution is 6.25. The van der Waals surface area contributed by atoms with E-state index in [4.69, 9.17) is 9.15 Å². The molecule has 1 aromatic heterocycles. The number of furan rings is 1. The molecule has 222 valence electrons. The molecule has 11 rings (SSSR count). The van der Waals surface area contributed by atoms with Gasteiger partial charge in [-0.3, -0.25) is 0 Å². The maximum Gasteiger partial charge on any atom is 0.143 e. The maximum atomic E-state index is 6.81. The van der Waals surface area contributed by atoms with E-state index in [0.29, 0.717) is 0 Å². The number of benzene rings is 9. The molecular weight excluding hydrogens is 585 g/mol. The van der Waals surface area contributed by atoms with E-state index in [1.165, 1.54) is 43.4 Å². The third kappa shape index (κ3) is 3.63. The fourth-order valence-electron chi connectivity index (χ4n) is 7.92. The molecule has 1 aliphatic rings. The Morgan fingerprint density at radius 3 is 1.88 bits per heavy atom. The van der Waals surface area contributed by atoms with Crippen LogP contribution in [0.2, 0.25) is 0 Å². The monoisotopic (exact) mass is 610 g/mol. The molecule has 0 bridgehead atoms. The minimum atomic E-state index is 0.875. The lowest BCUT2D eigenvalue weighted by atomic mass is 9.88. The van der Waals surface area contributed by atoms with Gasteiger partial charge in [0, 0.05) is 27.3 Å². The van der Waals surface area contributed by atoms with Crippen molar-refractivity contribution in [1.29, 1.82) is 0 Å². The van der Waals surface area contributed by atoms with Crippen LogP contribution in [0, 0.1) is 0 Å². The molecule has 2 heterocycles. The minimum Gasteiger partial charge on any atom is -0.456 e. The third-order valence-corrected chi connectivity index (χ3v) is 10.2. The van der Waals surface area contributed by atoms with Crippen LogP contribution in [0.15, 0.2) is 162 Å². The summed E-state index contributed by atoms with van der Waals surface area (Å²) in [6.45, 7) is 0. The third-order valence-electron chi connectivity index (χ3n) is 10.2. The summed E-state index contributed by atoms with van der Waals surface area (Å²) in [6, 6.07) is 56.6. The normalized spacial score (nSPS) is 12.3. The first-order valence-corrected chi connectivity index (χ1v) is 16.4. The largest absolute Gasteiger partial charge is 0.456 e. The molecule has 0 fully saturated rings. The Labute approximate surface area is 276 Å². The molecule has 2 nitrogen and oxygen atoms in total. The average molecular weight is 611 g/mol. The van der Waals surface area contributed by atoms with Gasteiger partial charge >= 0.3 is 0 Å². The molecule has 0 saturated carbocycles. The molecule has 0 spiro atoms. The van der Waals surface area contributed by atoms with E-state index in [9.17, 15) is 0 Å². The first kappa shape index (κ1) is 25.8. The molecule has 0 N–H and O–H groups in total. The van der Waals surface area contributed by atoms with Gasteiger partial charge in [-0.05, 0) is 102 Å². The number of hydrogen-bond donors (Lipinski definition) is 0. The topological polar surface area (TPSA) is 22.4 Å². The van der Waals surface area contributed by atoms with Crippen LogP contribution in [0.5, 0.6) is 11.5 Å². The van der Waals surface area contributed by atoms with E-state index >= 15 is 0 Å². The van der Waals surface area contributed by atoms with Crippen molar-refractivity contribution < 1.29 is 9.15 Å². The molecule has 9 aromatic carbocycles. The first-order chi connectivity index (χ1) is 23.8. The highest BCUT2D eigenvalue weighted by atomic mass is 16.5. The van der Waals surface area contributed by atoms with Gasteiger partial charge in [0.05, 0.1) is 0 Å². The van der Waals surface area contributed by atoms with Crippen molar-refractivity contribution in [3.8, 4) is 44.9 Å². The van der Waals surface area contributed by atoms with E-state index in [0.717, 1.165) is 66.5 Å². The summed E-state index contributed by atoms with van der Waals surface area (Å²) in [5.74, 6) is 1.76. The molecular formula is C46H26O2. The van der Waals surface area contributed by atoms with Crippen molar-refractivity contribution in [2.75, 3.05) is 0 Å². The van der Waals surface area contributed by atoms with Crippen LogP contribution in [-0.2, 0) is 0 Å². The van der Waals surface area contributed by atoms with E-state index in [-0.39, 0.29) is 0 Å². The number of ether oxygens (including phenoxy) is 1. The molecule has 1 aliphatic heterocycles. The Morgan fingerprint density at radius 2 is 1.00 bits per heavy atom. The predicted octanol–water partition coefficient (Wildman–Crippen LogP) is 13.3. The molecule has 0 radical (unpaired) electrons. The van der Waals surface area contributed by atoms with Crippen molar-refractivity contribution in [3.05, 3.63) is 158 Å². The van der Waals surface area contributed by atoms with Crippen LogP contribution in [0.1, 0.15) is 0 Å². The fourth-order valence-corrected chi connectivity index (χ4v) is 7.92. The van der Waals surface area contributed by atoms with Gasteiger partial charge in [-0.1, -0.05) is 115 Å². The zero-order valence-corrected chi connectivity index (χ0v) is 25.8. The molecule has 0 saturated heterocycles. The molecule has 2 heteroatoms. The summed E-state index contributed by atoms with van der Waals surface area (Å²) >= 11 is 0. The van der Waals surface area contributed by atoms with Crippen molar-refractivity contribution >= 4 is 65.0 Å². The molecule has 0 amide bonds. The second-order valence-electron chi connectivity index (χ2n) is 12.9. The number of hydrogen-bond acceptors (Lipinski definition) is 2. The Balaban J connectivity index is 1.13. The summed E-state index contributed by atoms with van der Waals surface area (Å²) in [5, 5.41) is 11.8. The second-order valence-corrected chi connectivity index (χ2v) is 12.9. The Kier molecular flexibility index (Phi) is 5.14. The fraction of sp³-hybridized carbons (Fsp3) is 0. The second kappa shape index (κ2) is 9.57. The van der Waals surface area contributed by atoms with Crippen molar-refractivity contribution in [2.24, 2.45) is 0 Å². The van der Waals surface area contributed by atoms with E-state index < -0.39 is 0 Å². The lowest BCUT2D eigenvalue weighted by molar-refractivity contribution is 0.487. The van der Waals surface area contributed by atoms with E-state index in [1.807, 2.05) is 0 Å². The quantitative estimate of drug-likeness (QED) is 0.194. The van der Waals surface area contributed by atoms with Crippen LogP contribution in [-0.4, -0.2) is 0 Å². The predicted molar refractivity (Wildman–Crippen MR) is 200 cm³/mol. The number of fused-ring (bicyclic) bond motifs is 9. The van der Waals surface area contributed by atoms with Gasteiger partial charge in [0.25, 0.3) is 0 Å². The SMILES string of the molecule is c1ccc2cc(-c3ccc4c(c3)Oc3cccc5c(-c6cc7ccccc7c7c6oc6cc8ccccc8cc67)ccc-4c35)ccc2c1. The number of rotatable bonds is 2. The van der Waals surface area contributed by atoms with Crippen molar-refractivity contribution in [2.45, 2.75) is 0 Å². The summed E-state index contributed by atoms with van der Waals surface area (Å²) in [4.78, 5) is 0. The smallest absolute Gasteiger partial charge is 0.143 e. The Hall–Kier alpha value is -6.38. The van der Waals surface area contributed by atoms with Gasteiger partial charge in [-0.15, -0.1) is 0 Å².